The number of carbonyl (C=O) groups is 1. The van der Waals surface area contributed by atoms with E-state index in [-0.39, 0.29) is 23.7 Å². The quantitative estimate of drug-likeness (QED) is 0.910. The normalized spacial score (nSPS) is 15.8. The van der Waals surface area contributed by atoms with Gasteiger partial charge in [0.25, 0.3) is 0 Å². The van der Waals surface area contributed by atoms with E-state index in [4.69, 9.17) is 0 Å². The van der Waals surface area contributed by atoms with E-state index in [1.807, 2.05) is 11.9 Å². The van der Waals surface area contributed by atoms with Crippen molar-refractivity contribution in [1.29, 1.82) is 0 Å². The summed E-state index contributed by atoms with van der Waals surface area (Å²) in [6, 6.07) is 9.13. The molecule has 1 aromatic rings. The molecular weight excluding hydrogens is 308 g/mol. The van der Waals surface area contributed by atoms with Crippen molar-refractivity contribution in [3.8, 4) is 0 Å². The Balaban J connectivity index is 0.00000264. The van der Waals surface area contributed by atoms with Crippen LogP contribution < -0.4 is 5.32 Å². The number of benzene rings is 1. The maximum Gasteiger partial charge on any atom is 0.222 e. The van der Waals surface area contributed by atoms with Crippen molar-refractivity contribution in [2.75, 3.05) is 20.1 Å². The smallest absolute Gasteiger partial charge is 0.222 e. The highest BCUT2D eigenvalue weighted by molar-refractivity contribution is 5.85. The van der Waals surface area contributed by atoms with Crippen LogP contribution in [0.4, 0.5) is 0 Å². The van der Waals surface area contributed by atoms with Crippen molar-refractivity contribution in [1.82, 2.24) is 10.2 Å². The molecule has 1 aromatic carbocycles. The molecule has 1 N–H and O–H groups in total. The lowest BCUT2D eigenvalue weighted by atomic mass is 9.86. The Morgan fingerprint density at radius 1 is 1.17 bits per heavy atom. The van der Waals surface area contributed by atoms with Crippen LogP contribution in [0.1, 0.15) is 51.2 Å². The molecule has 23 heavy (non-hydrogen) atoms. The Bertz CT molecular complexity index is 487. The van der Waals surface area contributed by atoms with Gasteiger partial charge in [-0.1, -0.05) is 45.0 Å². The molecule has 3 nitrogen and oxygen atoms in total. The summed E-state index contributed by atoms with van der Waals surface area (Å²) in [4.78, 5) is 14.3. The van der Waals surface area contributed by atoms with Crippen LogP contribution in [0.3, 0.4) is 0 Å². The maximum absolute atomic E-state index is 12.3. The number of amides is 1. The summed E-state index contributed by atoms with van der Waals surface area (Å²) in [5.74, 6) is 0.270. The van der Waals surface area contributed by atoms with Crippen molar-refractivity contribution < 1.29 is 4.79 Å². The van der Waals surface area contributed by atoms with Gasteiger partial charge in [-0.05, 0) is 48.9 Å². The Morgan fingerprint density at radius 2 is 1.74 bits per heavy atom. The van der Waals surface area contributed by atoms with Gasteiger partial charge >= 0.3 is 0 Å². The van der Waals surface area contributed by atoms with Crippen molar-refractivity contribution >= 4 is 18.3 Å². The average Bonchev–Trinajstić information content (AvgIpc) is 2.52. The zero-order valence-corrected chi connectivity index (χ0v) is 15.7. The van der Waals surface area contributed by atoms with Crippen LogP contribution in [0.2, 0.25) is 0 Å². The molecule has 0 unspecified atom stereocenters. The third-order valence-electron chi connectivity index (χ3n) is 4.70. The summed E-state index contributed by atoms with van der Waals surface area (Å²) in [6.07, 6.45) is 3.58. The van der Waals surface area contributed by atoms with Gasteiger partial charge in [-0.3, -0.25) is 4.79 Å². The highest BCUT2D eigenvalue weighted by atomic mass is 35.5. The van der Waals surface area contributed by atoms with Gasteiger partial charge in [0.05, 0.1) is 0 Å². The lowest BCUT2D eigenvalue weighted by Gasteiger charge is -2.31. The van der Waals surface area contributed by atoms with Gasteiger partial charge in [0.15, 0.2) is 0 Å². The average molecular weight is 339 g/mol. The highest BCUT2D eigenvalue weighted by Gasteiger charge is 2.21. The molecule has 2 rings (SSSR count). The first kappa shape index (κ1) is 20.0. The van der Waals surface area contributed by atoms with Gasteiger partial charge in [0, 0.05) is 19.5 Å². The van der Waals surface area contributed by atoms with E-state index in [0.29, 0.717) is 12.5 Å². The second-order valence-corrected chi connectivity index (χ2v) is 7.43. The molecule has 0 aliphatic carbocycles. The second kappa shape index (κ2) is 8.70. The molecule has 1 aliphatic rings. The summed E-state index contributed by atoms with van der Waals surface area (Å²) >= 11 is 0. The highest BCUT2D eigenvalue weighted by Crippen LogP contribution is 2.22. The van der Waals surface area contributed by atoms with Crippen LogP contribution >= 0.6 is 12.4 Å². The van der Waals surface area contributed by atoms with Crippen molar-refractivity contribution in [2.24, 2.45) is 0 Å². The number of nitrogens with one attached hydrogen (secondary N) is 1. The summed E-state index contributed by atoms with van der Waals surface area (Å²) in [5, 5.41) is 3.35. The number of nitrogens with zero attached hydrogens (tertiary/aromatic N) is 1. The van der Waals surface area contributed by atoms with Gasteiger partial charge in [0.1, 0.15) is 0 Å². The number of piperidine rings is 1. The topological polar surface area (TPSA) is 32.3 Å². The number of aryl methyl sites for hydroxylation is 1. The first-order valence-corrected chi connectivity index (χ1v) is 8.44. The van der Waals surface area contributed by atoms with Gasteiger partial charge < -0.3 is 10.2 Å². The molecule has 0 atom stereocenters. The van der Waals surface area contributed by atoms with E-state index < -0.39 is 0 Å². The molecule has 0 spiro atoms. The summed E-state index contributed by atoms with van der Waals surface area (Å²) in [6.45, 7) is 8.71. The van der Waals surface area contributed by atoms with Crippen molar-refractivity contribution in [2.45, 2.75) is 57.9 Å². The van der Waals surface area contributed by atoms with Crippen LogP contribution in [0.15, 0.2) is 24.3 Å². The van der Waals surface area contributed by atoms with E-state index in [9.17, 15) is 4.79 Å². The Kier molecular flexibility index (Phi) is 7.56. The lowest BCUT2D eigenvalue weighted by Crippen LogP contribution is -2.44. The number of halogens is 1. The fourth-order valence-corrected chi connectivity index (χ4v) is 3.00. The van der Waals surface area contributed by atoms with Gasteiger partial charge in [-0.15, -0.1) is 12.4 Å². The SMILES string of the molecule is CN(C(=O)CCc1ccc(C(C)(C)C)cc1)C1CCNCC1.Cl. The molecule has 1 heterocycles. The Hall–Kier alpha value is -1.06. The minimum atomic E-state index is 0. The predicted octanol–water partition coefficient (Wildman–Crippen LogP) is 3.55. The molecule has 0 saturated carbocycles. The van der Waals surface area contributed by atoms with Gasteiger partial charge in [-0.2, -0.15) is 0 Å². The zero-order valence-electron chi connectivity index (χ0n) is 14.9. The summed E-state index contributed by atoms with van der Waals surface area (Å²) < 4.78 is 0. The Labute approximate surface area is 147 Å². The third kappa shape index (κ3) is 5.82. The standard InChI is InChI=1S/C19H30N2O.ClH/c1-19(2,3)16-8-5-15(6-9-16)7-10-18(22)21(4)17-11-13-20-14-12-17;/h5-6,8-9,17,20H,7,10-14H2,1-4H3;1H. The largest absolute Gasteiger partial charge is 0.343 e. The molecule has 4 heteroatoms. The molecule has 0 aromatic heterocycles. The number of rotatable bonds is 4. The van der Waals surface area contributed by atoms with Crippen LogP contribution in [0.5, 0.6) is 0 Å². The van der Waals surface area contributed by atoms with E-state index in [1.54, 1.807) is 0 Å². The first-order valence-electron chi connectivity index (χ1n) is 8.44. The van der Waals surface area contributed by atoms with Gasteiger partial charge in [0.2, 0.25) is 5.91 Å². The number of hydrogen-bond donors (Lipinski definition) is 1. The molecule has 0 bridgehead atoms. The van der Waals surface area contributed by atoms with E-state index in [1.165, 1.54) is 11.1 Å². The van der Waals surface area contributed by atoms with Crippen LogP contribution in [-0.4, -0.2) is 37.0 Å². The number of hydrogen-bond acceptors (Lipinski definition) is 2. The third-order valence-corrected chi connectivity index (χ3v) is 4.70. The number of carbonyl (C=O) groups excluding carboxylic acids is 1. The molecule has 1 fully saturated rings. The fourth-order valence-electron chi connectivity index (χ4n) is 3.00. The minimum absolute atomic E-state index is 0. The minimum Gasteiger partial charge on any atom is -0.343 e. The predicted molar refractivity (Wildman–Crippen MR) is 99.4 cm³/mol. The maximum atomic E-state index is 12.3. The van der Waals surface area contributed by atoms with Gasteiger partial charge in [-0.25, -0.2) is 0 Å². The second-order valence-electron chi connectivity index (χ2n) is 7.43. The molecule has 130 valence electrons. The molecule has 1 saturated heterocycles. The van der Waals surface area contributed by atoms with Crippen LogP contribution in [-0.2, 0) is 16.6 Å². The molecule has 1 aliphatic heterocycles. The first-order chi connectivity index (χ1) is 10.4. The summed E-state index contributed by atoms with van der Waals surface area (Å²) in [7, 11) is 1.96. The Morgan fingerprint density at radius 3 is 2.26 bits per heavy atom. The molecule has 1 amide bonds. The van der Waals surface area contributed by atoms with E-state index >= 15 is 0 Å². The monoisotopic (exact) mass is 338 g/mol. The van der Waals surface area contributed by atoms with Crippen molar-refractivity contribution in [3.63, 3.8) is 0 Å². The lowest BCUT2D eigenvalue weighted by molar-refractivity contribution is -0.132. The summed E-state index contributed by atoms with van der Waals surface area (Å²) in [5.41, 5.74) is 2.78. The fraction of sp³-hybridized carbons (Fsp3) is 0.632. The van der Waals surface area contributed by atoms with Crippen LogP contribution in [0, 0.1) is 0 Å². The van der Waals surface area contributed by atoms with Crippen molar-refractivity contribution in [3.05, 3.63) is 35.4 Å². The van der Waals surface area contributed by atoms with E-state index in [0.717, 1.165) is 32.4 Å². The van der Waals surface area contributed by atoms with E-state index in [2.05, 4.69) is 50.4 Å². The molecule has 0 radical (unpaired) electrons. The zero-order chi connectivity index (χ0) is 16.2. The van der Waals surface area contributed by atoms with Crippen LogP contribution in [0.25, 0.3) is 0 Å². The molecular formula is C19H31ClN2O.